The highest BCUT2D eigenvalue weighted by molar-refractivity contribution is 7.17. The smallest absolute Gasteiger partial charge is 0.331 e. The molecule has 3 rings (SSSR count). The molecule has 7 heteroatoms. The van der Waals surface area contributed by atoms with Crippen molar-refractivity contribution < 1.29 is 14.3 Å². The summed E-state index contributed by atoms with van der Waals surface area (Å²) < 4.78 is 4.74. The highest BCUT2D eigenvalue weighted by Gasteiger charge is 2.52. The Hall–Kier alpha value is -2.28. The zero-order valence-electron chi connectivity index (χ0n) is 12.3. The van der Waals surface area contributed by atoms with Crippen LogP contribution < -0.4 is 5.32 Å². The number of rotatable bonds is 4. The molecule has 0 aliphatic heterocycles. The van der Waals surface area contributed by atoms with E-state index in [1.807, 2.05) is 12.1 Å². The molecule has 1 aliphatic rings. The minimum Gasteiger partial charge on any atom is -0.467 e. The van der Waals surface area contributed by atoms with Crippen molar-refractivity contribution in [3.63, 3.8) is 0 Å². The van der Waals surface area contributed by atoms with E-state index in [2.05, 4.69) is 15.3 Å². The molecule has 0 radical (unpaired) electrons. The number of nitrogens with zero attached hydrogens (tertiary/aromatic N) is 2. The Morgan fingerprint density at radius 3 is 2.77 bits per heavy atom. The highest BCUT2D eigenvalue weighted by Crippen LogP contribution is 2.37. The van der Waals surface area contributed by atoms with Crippen molar-refractivity contribution in [2.75, 3.05) is 7.11 Å². The molecular weight excluding hydrogens is 302 g/mol. The number of amides is 1. The Bertz CT molecular complexity index is 723. The van der Waals surface area contributed by atoms with Gasteiger partial charge in [0.05, 0.1) is 12.8 Å². The second-order valence-corrected chi connectivity index (χ2v) is 6.20. The van der Waals surface area contributed by atoms with Gasteiger partial charge in [0.15, 0.2) is 0 Å². The van der Waals surface area contributed by atoms with Crippen LogP contribution in [-0.2, 0) is 9.53 Å². The van der Waals surface area contributed by atoms with Gasteiger partial charge < -0.3 is 10.1 Å². The van der Waals surface area contributed by atoms with Crippen LogP contribution in [0.4, 0.5) is 0 Å². The van der Waals surface area contributed by atoms with Gasteiger partial charge in [0.2, 0.25) is 0 Å². The topological polar surface area (TPSA) is 81.2 Å². The molecule has 2 aromatic heterocycles. The van der Waals surface area contributed by atoms with E-state index in [4.69, 9.17) is 4.74 Å². The largest absolute Gasteiger partial charge is 0.467 e. The molecule has 0 bridgehead atoms. The maximum atomic E-state index is 12.4. The fraction of sp³-hybridized carbons (Fsp3) is 0.333. The lowest BCUT2D eigenvalue weighted by Gasteiger charge is -2.13. The van der Waals surface area contributed by atoms with Crippen molar-refractivity contribution in [1.29, 1.82) is 0 Å². The number of nitrogens with one attached hydrogen (secondary N) is 1. The Labute approximate surface area is 131 Å². The minimum absolute atomic E-state index is 0.284. The number of aryl methyl sites for hydroxylation is 1. The van der Waals surface area contributed by atoms with Gasteiger partial charge in [-0.1, -0.05) is 0 Å². The second kappa shape index (κ2) is 5.49. The third-order valence-corrected chi connectivity index (χ3v) is 4.80. The standard InChI is InChI=1S/C15H15N3O3S/c1-9-11(12(19)18-15(5-6-15)14(20)21-2)22-13(17-9)10-4-3-7-16-8-10/h3-4,7-8H,5-6H2,1-2H3,(H,18,19). The van der Waals surface area contributed by atoms with Crippen LogP contribution in [0.15, 0.2) is 24.5 Å². The van der Waals surface area contributed by atoms with E-state index in [0.717, 1.165) is 10.6 Å². The van der Waals surface area contributed by atoms with Crippen molar-refractivity contribution in [2.24, 2.45) is 0 Å². The molecule has 0 aromatic carbocycles. The summed E-state index contributed by atoms with van der Waals surface area (Å²) in [5.74, 6) is -0.677. The average molecular weight is 317 g/mol. The van der Waals surface area contributed by atoms with Gasteiger partial charge >= 0.3 is 5.97 Å². The molecule has 0 unspecified atom stereocenters. The van der Waals surface area contributed by atoms with Crippen LogP contribution in [0.2, 0.25) is 0 Å². The molecule has 6 nitrogen and oxygen atoms in total. The van der Waals surface area contributed by atoms with Crippen molar-refractivity contribution >= 4 is 23.2 Å². The molecule has 2 aromatic rings. The van der Waals surface area contributed by atoms with Crippen molar-refractivity contribution in [2.45, 2.75) is 25.3 Å². The molecule has 1 amide bonds. The van der Waals surface area contributed by atoms with E-state index < -0.39 is 11.5 Å². The number of thiazole rings is 1. The van der Waals surface area contributed by atoms with Crippen LogP contribution in [0.3, 0.4) is 0 Å². The molecule has 1 saturated carbocycles. The van der Waals surface area contributed by atoms with Crippen LogP contribution in [-0.4, -0.2) is 34.5 Å². The first-order valence-electron chi connectivity index (χ1n) is 6.84. The number of pyridine rings is 1. The van der Waals surface area contributed by atoms with Gasteiger partial charge in [-0.25, -0.2) is 9.78 Å². The lowest BCUT2D eigenvalue weighted by Crippen LogP contribution is -2.43. The zero-order chi connectivity index (χ0) is 15.7. The summed E-state index contributed by atoms with van der Waals surface area (Å²) in [6.45, 7) is 1.78. The molecular formula is C15H15N3O3S. The number of hydrogen-bond acceptors (Lipinski definition) is 6. The molecule has 0 saturated heterocycles. The van der Waals surface area contributed by atoms with Gasteiger partial charge in [-0.2, -0.15) is 0 Å². The molecule has 1 N–H and O–H groups in total. The van der Waals surface area contributed by atoms with E-state index in [9.17, 15) is 9.59 Å². The van der Waals surface area contributed by atoms with Crippen molar-refractivity contribution in [3.8, 4) is 10.6 Å². The predicted molar refractivity (Wildman–Crippen MR) is 81.5 cm³/mol. The van der Waals surface area contributed by atoms with Crippen LogP contribution in [0.25, 0.3) is 10.6 Å². The Morgan fingerprint density at radius 2 is 2.18 bits per heavy atom. The van der Waals surface area contributed by atoms with Crippen LogP contribution in [0.5, 0.6) is 0 Å². The summed E-state index contributed by atoms with van der Waals surface area (Å²) in [6, 6.07) is 3.71. The molecule has 0 spiro atoms. The zero-order valence-corrected chi connectivity index (χ0v) is 13.1. The number of carbonyl (C=O) groups excluding carboxylic acids is 2. The minimum atomic E-state index is -0.850. The quantitative estimate of drug-likeness (QED) is 0.872. The summed E-state index contributed by atoms with van der Waals surface area (Å²) in [6.07, 6.45) is 4.61. The molecule has 2 heterocycles. The van der Waals surface area contributed by atoms with Gasteiger partial charge in [0, 0.05) is 18.0 Å². The van der Waals surface area contributed by atoms with E-state index in [0.29, 0.717) is 23.4 Å². The highest BCUT2D eigenvalue weighted by atomic mass is 32.1. The molecule has 114 valence electrons. The van der Waals surface area contributed by atoms with Gasteiger partial charge in [-0.05, 0) is 31.9 Å². The predicted octanol–water partition coefficient (Wildman–Crippen LogP) is 1.95. The fourth-order valence-electron chi connectivity index (χ4n) is 2.19. The summed E-state index contributed by atoms with van der Waals surface area (Å²) in [5.41, 5.74) is 0.655. The third kappa shape index (κ3) is 2.59. The van der Waals surface area contributed by atoms with Crippen LogP contribution >= 0.6 is 11.3 Å². The lowest BCUT2D eigenvalue weighted by atomic mass is 10.2. The van der Waals surface area contributed by atoms with Crippen molar-refractivity contribution in [1.82, 2.24) is 15.3 Å². The van der Waals surface area contributed by atoms with Gasteiger partial charge in [-0.3, -0.25) is 9.78 Å². The maximum absolute atomic E-state index is 12.4. The number of aromatic nitrogens is 2. The second-order valence-electron chi connectivity index (χ2n) is 5.20. The first-order chi connectivity index (χ1) is 10.6. The SMILES string of the molecule is COC(=O)C1(NC(=O)c2sc(-c3cccnc3)nc2C)CC1. The van der Waals surface area contributed by atoms with Crippen molar-refractivity contribution in [3.05, 3.63) is 35.1 Å². The first kappa shape index (κ1) is 14.6. The lowest BCUT2D eigenvalue weighted by molar-refractivity contribution is -0.144. The van der Waals surface area contributed by atoms with Crippen LogP contribution in [0, 0.1) is 6.92 Å². The van der Waals surface area contributed by atoms with Gasteiger partial charge in [0.25, 0.3) is 5.91 Å². The number of esters is 1. The maximum Gasteiger partial charge on any atom is 0.331 e. The number of hydrogen-bond donors (Lipinski definition) is 1. The fourth-order valence-corrected chi connectivity index (χ4v) is 3.15. The molecule has 1 aliphatic carbocycles. The Morgan fingerprint density at radius 1 is 1.41 bits per heavy atom. The Balaban J connectivity index is 1.82. The third-order valence-electron chi connectivity index (χ3n) is 3.59. The normalized spacial score (nSPS) is 15.2. The Kier molecular flexibility index (Phi) is 3.66. The molecule has 22 heavy (non-hydrogen) atoms. The summed E-state index contributed by atoms with van der Waals surface area (Å²) in [4.78, 5) is 33.1. The summed E-state index contributed by atoms with van der Waals surface area (Å²) >= 11 is 1.29. The molecule has 0 atom stereocenters. The average Bonchev–Trinajstić information content (AvgIpc) is 3.21. The van der Waals surface area contributed by atoms with E-state index in [-0.39, 0.29) is 5.91 Å². The van der Waals surface area contributed by atoms with Gasteiger partial charge in [-0.15, -0.1) is 11.3 Å². The number of methoxy groups -OCH3 is 1. The summed E-state index contributed by atoms with van der Waals surface area (Å²) in [5, 5.41) is 3.52. The first-order valence-corrected chi connectivity index (χ1v) is 7.66. The number of ether oxygens (including phenoxy) is 1. The van der Waals surface area contributed by atoms with E-state index >= 15 is 0 Å². The molecule has 1 fully saturated rings. The number of carbonyl (C=O) groups is 2. The van der Waals surface area contributed by atoms with Crippen LogP contribution in [0.1, 0.15) is 28.2 Å². The van der Waals surface area contributed by atoms with Gasteiger partial charge in [0.1, 0.15) is 15.4 Å². The van der Waals surface area contributed by atoms with E-state index in [1.54, 1.807) is 19.3 Å². The monoisotopic (exact) mass is 317 g/mol. The summed E-state index contributed by atoms with van der Waals surface area (Å²) in [7, 11) is 1.33. The van der Waals surface area contributed by atoms with E-state index in [1.165, 1.54) is 18.4 Å².